The fraction of sp³-hybridized carbons (Fsp3) is 0.409. The molecule has 0 atom stereocenters. The van der Waals surface area contributed by atoms with Gasteiger partial charge in [-0.05, 0) is 55.2 Å². The minimum absolute atomic E-state index is 0.159. The van der Waals surface area contributed by atoms with Crippen molar-refractivity contribution in [3.8, 4) is 5.75 Å². The highest BCUT2D eigenvalue weighted by molar-refractivity contribution is 7.89. The Morgan fingerprint density at radius 3 is 2.53 bits per heavy atom. The molecule has 0 radical (unpaired) electrons. The number of ether oxygens (including phenoxy) is 2. The number of hydrogen-bond acceptors (Lipinski definition) is 5. The van der Waals surface area contributed by atoms with Gasteiger partial charge in [-0.25, -0.2) is 8.42 Å². The SMILES string of the molecule is CCc1cccc(C)c1NC(=O)COc1ccc(S(=O)(=O)N2CCOCC2)cc1C. The summed E-state index contributed by atoms with van der Waals surface area (Å²) in [5.74, 6) is 0.218. The Kier molecular flexibility index (Phi) is 7.12. The molecule has 0 bridgehead atoms. The molecule has 2 aromatic carbocycles. The topological polar surface area (TPSA) is 84.9 Å². The number of carbonyl (C=O) groups excluding carboxylic acids is 1. The van der Waals surface area contributed by atoms with Crippen molar-refractivity contribution >= 4 is 21.6 Å². The molecule has 0 saturated carbocycles. The lowest BCUT2D eigenvalue weighted by Gasteiger charge is -2.26. The Hall–Kier alpha value is -2.42. The molecule has 1 amide bonds. The second kappa shape index (κ2) is 9.59. The van der Waals surface area contributed by atoms with E-state index < -0.39 is 10.0 Å². The predicted octanol–water partition coefficient (Wildman–Crippen LogP) is 2.90. The van der Waals surface area contributed by atoms with Crippen LogP contribution in [0, 0.1) is 13.8 Å². The second-order valence-electron chi connectivity index (χ2n) is 7.24. The van der Waals surface area contributed by atoms with Gasteiger partial charge < -0.3 is 14.8 Å². The number of aryl methyl sites for hydroxylation is 3. The summed E-state index contributed by atoms with van der Waals surface area (Å²) < 4.78 is 37.9. The molecule has 1 aliphatic rings. The van der Waals surface area contributed by atoms with Gasteiger partial charge in [0.25, 0.3) is 5.91 Å². The molecule has 8 heteroatoms. The van der Waals surface area contributed by atoms with Crippen LogP contribution in [0.4, 0.5) is 5.69 Å². The van der Waals surface area contributed by atoms with E-state index >= 15 is 0 Å². The van der Waals surface area contributed by atoms with E-state index in [4.69, 9.17) is 9.47 Å². The highest BCUT2D eigenvalue weighted by atomic mass is 32.2. The van der Waals surface area contributed by atoms with Gasteiger partial charge in [0.15, 0.2) is 6.61 Å². The molecule has 162 valence electrons. The van der Waals surface area contributed by atoms with Gasteiger partial charge in [-0.3, -0.25) is 4.79 Å². The van der Waals surface area contributed by atoms with Crippen LogP contribution in [0.1, 0.15) is 23.6 Å². The summed E-state index contributed by atoms with van der Waals surface area (Å²) in [6.07, 6.45) is 0.816. The van der Waals surface area contributed by atoms with Crippen LogP contribution in [0.3, 0.4) is 0 Å². The third-order valence-electron chi connectivity index (χ3n) is 5.12. The number of sulfonamides is 1. The number of amides is 1. The normalized spacial score (nSPS) is 15.0. The Labute approximate surface area is 178 Å². The largest absolute Gasteiger partial charge is 0.483 e. The highest BCUT2D eigenvalue weighted by Gasteiger charge is 2.26. The maximum absolute atomic E-state index is 12.8. The van der Waals surface area contributed by atoms with E-state index in [1.807, 2.05) is 32.0 Å². The summed E-state index contributed by atoms with van der Waals surface area (Å²) in [7, 11) is -3.57. The molecular formula is C22H28N2O5S. The highest BCUT2D eigenvalue weighted by Crippen LogP contribution is 2.25. The summed E-state index contributed by atoms with van der Waals surface area (Å²) in [4.78, 5) is 12.6. The molecule has 0 aliphatic carbocycles. The van der Waals surface area contributed by atoms with E-state index in [1.54, 1.807) is 19.1 Å². The lowest BCUT2D eigenvalue weighted by Crippen LogP contribution is -2.40. The molecule has 1 saturated heterocycles. The molecule has 7 nitrogen and oxygen atoms in total. The van der Waals surface area contributed by atoms with Crippen LogP contribution in [0.25, 0.3) is 0 Å². The van der Waals surface area contributed by atoms with Crippen molar-refractivity contribution in [2.75, 3.05) is 38.2 Å². The number of rotatable bonds is 7. The second-order valence-corrected chi connectivity index (χ2v) is 9.18. The first-order valence-electron chi connectivity index (χ1n) is 10.0. The molecule has 0 spiro atoms. The van der Waals surface area contributed by atoms with Crippen molar-refractivity contribution in [3.63, 3.8) is 0 Å². The van der Waals surface area contributed by atoms with Crippen molar-refractivity contribution in [2.24, 2.45) is 0 Å². The fourth-order valence-corrected chi connectivity index (χ4v) is 4.89. The van der Waals surface area contributed by atoms with Gasteiger partial charge in [-0.2, -0.15) is 4.31 Å². The Morgan fingerprint density at radius 2 is 1.87 bits per heavy atom. The first-order valence-corrected chi connectivity index (χ1v) is 11.5. The lowest BCUT2D eigenvalue weighted by molar-refractivity contribution is -0.118. The fourth-order valence-electron chi connectivity index (χ4n) is 3.40. The van der Waals surface area contributed by atoms with Crippen LogP contribution in [0.5, 0.6) is 5.75 Å². The minimum Gasteiger partial charge on any atom is -0.483 e. The molecule has 30 heavy (non-hydrogen) atoms. The van der Waals surface area contributed by atoms with Gasteiger partial charge in [0.05, 0.1) is 18.1 Å². The molecule has 0 aromatic heterocycles. The molecule has 3 rings (SSSR count). The quantitative estimate of drug-likeness (QED) is 0.727. The number of para-hydroxylation sites is 1. The zero-order valence-electron chi connectivity index (χ0n) is 17.6. The van der Waals surface area contributed by atoms with Gasteiger partial charge in [0.2, 0.25) is 10.0 Å². The van der Waals surface area contributed by atoms with Gasteiger partial charge in [0, 0.05) is 18.8 Å². The van der Waals surface area contributed by atoms with E-state index in [1.165, 1.54) is 10.4 Å². The summed E-state index contributed by atoms with van der Waals surface area (Å²) in [6, 6.07) is 10.6. The van der Waals surface area contributed by atoms with Crippen LogP contribution in [0.15, 0.2) is 41.3 Å². The average molecular weight is 433 g/mol. The van der Waals surface area contributed by atoms with Crippen molar-refractivity contribution in [1.29, 1.82) is 0 Å². The molecule has 1 N–H and O–H groups in total. The Balaban J connectivity index is 1.66. The molecule has 1 heterocycles. The molecule has 1 aliphatic heterocycles. The first-order chi connectivity index (χ1) is 14.3. The lowest BCUT2D eigenvalue weighted by atomic mass is 10.1. The number of nitrogens with one attached hydrogen (secondary N) is 1. The standard InChI is InChI=1S/C22H28N2O5S/c1-4-18-7-5-6-16(2)22(18)23-21(25)15-29-20-9-8-19(14-17(20)3)30(26,27)24-10-12-28-13-11-24/h5-9,14H,4,10-13,15H2,1-3H3,(H,23,25). The summed E-state index contributed by atoms with van der Waals surface area (Å²) in [5, 5.41) is 2.92. The Morgan fingerprint density at radius 1 is 1.13 bits per heavy atom. The van der Waals surface area contributed by atoms with Gasteiger partial charge in [-0.15, -0.1) is 0 Å². The number of anilines is 1. The number of benzene rings is 2. The monoisotopic (exact) mass is 432 g/mol. The van der Waals surface area contributed by atoms with E-state index in [-0.39, 0.29) is 17.4 Å². The minimum atomic E-state index is -3.57. The van der Waals surface area contributed by atoms with Gasteiger partial charge in [0.1, 0.15) is 5.75 Å². The Bertz CT molecular complexity index is 1010. The zero-order valence-corrected chi connectivity index (χ0v) is 18.4. The molecule has 1 fully saturated rings. The molecule has 0 unspecified atom stereocenters. The number of nitrogens with zero attached hydrogens (tertiary/aromatic N) is 1. The zero-order chi connectivity index (χ0) is 21.7. The smallest absolute Gasteiger partial charge is 0.262 e. The summed E-state index contributed by atoms with van der Waals surface area (Å²) in [6.45, 7) is 7.08. The van der Waals surface area contributed by atoms with Crippen LogP contribution in [-0.2, 0) is 26.0 Å². The van der Waals surface area contributed by atoms with E-state index in [2.05, 4.69) is 5.32 Å². The third kappa shape index (κ3) is 5.00. The van der Waals surface area contributed by atoms with Crippen LogP contribution in [-0.4, -0.2) is 51.5 Å². The van der Waals surface area contributed by atoms with Gasteiger partial charge >= 0.3 is 0 Å². The predicted molar refractivity (Wildman–Crippen MR) is 115 cm³/mol. The average Bonchev–Trinajstić information content (AvgIpc) is 2.74. The number of carbonyl (C=O) groups is 1. The van der Waals surface area contributed by atoms with Crippen molar-refractivity contribution < 1.29 is 22.7 Å². The molecule has 2 aromatic rings. The van der Waals surface area contributed by atoms with Crippen LogP contribution in [0.2, 0.25) is 0 Å². The number of hydrogen-bond donors (Lipinski definition) is 1. The van der Waals surface area contributed by atoms with E-state index in [0.29, 0.717) is 37.6 Å². The summed E-state index contributed by atoms with van der Waals surface area (Å²) >= 11 is 0. The van der Waals surface area contributed by atoms with Crippen LogP contribution >= 0.6 is 0 Å². The van der Waals surface area contributed by atoms with Crippen molar-refractivity contribution in [3.05, 3.63) is 53.1 Å². The molecular weight excluding hydrogens is 404 g/mol. The third-order valence-corrected chi connectivity index (χ3v) is 7.01. The van der Waals surface area contributed by atoms with Crippen molar-refractivity contribution in [1.82, 2.24) is 4.31 Å². The number of morpholine rings is 1. The van der Waals surface area contributed by atoms with E-state index in [0.717, 1.165) is 23.2 Å². The maximum Gasteiger partial charge on any atom is 0.262 e. The first kappa shape index (κ1) is 22.3. The van der Waals surface area contributed by atoms with Crippen molar-refractivity contribution in [2.45, 2.75) is 32.1 Å². The van der Waals surface area contributed by atoms with E-state index in [9.17, 15) is 13.2 Å². The maximum atomic E-state index is 12.8. The summed E-state index contributed by atoms with van der Waals surface area (Å²) in [5.41, 5.74) is 3.54. The van der Waals surface area contributed by atoms with Crippen LogP contribution < -0.4 is 10.1 Å². The van der Waals surface area contributed by atoms with Gasteiger partial charge in [-0.1, -0.05) is 25.1 Å².